The number of amides is 3. The van der Waals surface area contributed by atoms with Gasteiger partial charge in [0.05, 0.1) is 17.7 Å². The van der Waals surface area contributed by atoms with Gasteiger partial charge in [0.25, 0.3) is 5.91 Å². The first kappa shape index (κ1) is 27.0. The standard InChI is InChI=1S/C27H41N3O5/c1-6-25(31)30-15-18(2)24(34-5)16-29(4)27(33)22-14-21(12-13-23(22)35-17-19(30)3)28-26(32)20-10-8-7-9-11-20/h12-14,18-20,24H,6-11,15-17H2,1-5H3,(H,28,32)/t18-,19-,24-/m0/s1. The second-order valence-corrected chi connectivity index (χ2v) is 10.0. The molecular formula is C27H41N3O5. The van der Waals surface area contributed by atoms with Gasteiger partial charge in [0, 0.05) is 51.2 Å². The summed E-state index contributed by atoms with van der Waals surface area (Å²) in [6.45, 7) is 7.01. The van der Waals surface area contributed by atoms with Crippen LogP contribution in [0.15, 0.2) is 18.2 Å². The van der Waals surface area contributed by atoms with Crippen LogP contribution in [-0.4, -0.2) is 73.5 Å². The second kappa shape index (κ2) is 12.4. The number of rotatable bonds is 4. The average Bonchev–Trinajstić information content (AvgIpc) is 2.88. The largest absolute Gasteiger partial charge is 0.491 e. The summed E-state index contributed by atoms with van der Waals surface area (Å²) in [5, 5.41) is 3.01. The Labute approximate surface area is 209 Å². The van der Waals surface area contributed by atoms with Crippen molar-refractivity contribution in [1.29, 1.82) is 0 Å². The minimum Gasteiger partial charge on any atom is -0.491 e. The van der Waals surface area contributed by atoms with Crippen LogP contribution in [-0.2, 0) is 14.3 Å². The van der Waals surface area contributed by atoms with E-state index in [9.17, 15) is 14.4 Å². The lowest BCUT2D eigenvalue weighted by atomic mass is 9.88. The molecule has 0 radical (unpaired) electrons. The zero-order valence-corrected chi connectivity index (χ0v) is 21.8. The predicted octanol–water partition coefficient (Wildman–Crippen LogP) is 3.95. The highest BCUT2D eigenvalue weighted by atomic mass is 16.5. The van der Waals surface area contributed by atoms with Gasteiger partial charge in [-0.3, -0.25) is 14.4 Å². The van der Waals surface area contributed by atoms with Gasteiger partial charge in [-0.15, -0.1) is 0 Å². The van der Waals surface area contributed by atoms with Crippen LogP contribution in [0.5, 0.6) is 5.75 Å². The van der Waals surface area contributed by atoms with E-state index in [2.05, 4.69) is 5.32 Å². The van der Waals surface area contributed by atoms with Gasteiger partial charge in [0.15, 0.2) is 0 Å². The van der Waals surface area contributed by atoms with Crippen molar-refractivity contribution in [2.75, 3.05) is 39.2 Å². The van der Waals surface area contributed by atoms with E-state index in [0.29, 0.717) is 36.5 Å². The molecule has 0 spiro atoms. The lowest BCUT2D eigenvalue weighted by Crippen LogP contribution is -2.48. The summed E-state index contributed by atoms with van der Waals surface area (Å²) in [5.74, 6) is 0.355. The number of fused-ring (bicyclic) bond motifs is 1. The van der Waals surface area contributed by atoms with E-state index in [-0.39, 0.29) is 48.3 Å². The van der Waals surface area contributed by atoms with E-state index >= 15 is 0 Å². The molecule has 3 atom stereocenters. The normalized spacial score (nSPS) is 24.6. The molecule has 3 rings (SSSR count). The molecule has 2 aliphatic rings. The Morgan fingerprint density at radius 1 is 1.14 bits per heavy atom. The van der Waals surface area contributed by atoms with E-state index in [0.717, 1.165) is 25.7 Å². The summed E-state index contributed by atoms with van der Waals surface area (Å²) in [7, 11) is 3.37. The molecule has 8 heteroatoms. The highest BCUT2D eigenvalue weighted by Gasteiger charge is 2.30. The Hall–Kier alpha value is -2.61. The minimum atomic E-state index is -0.235. The number of nitrogens with one attached hydrogen (secondary N) is 1. The second-order valence-electron chi connectivity index (χ2n) is 10.0. The lowest BCUT2D eigenvalue weighted by Gasteiger charge is -2.36. The van der Waals surface area contributed by atoms with E-state index in [1.165, 1.54) is 6.42 Å². The molecule has 1 N–H and O–H groups in total. The van der Waals surface area contributed by atoms with Gasteiger partial charge in [-0.1, -0.05) is 33.1 Å². The molecule has 0 unspecified atom stereocenters. The fourth-order valence-corrected chi connectivity index (χ4v) is 5.01. The van der Waals surface area contributed by atoms with Crippen molar-refractivity contribution in [3.63, 3.8) is 0 Å². The Bertz CT molecular complexity index is 899. The van der Waals surface area contributed by atoms with Gasteiger partial charge in [-0.2, -0.15) is 0 Å². The third-order valence-electron chi connectivity index (χ3n) is 7.31. The summed E-state index contributed by atoms with van der Waals surface area (Å²) < 4.78 is 11.8. The molecule has 1 aliphatic heterocycles. The average molecular weight is 488 g/mol. The molecule has 1 aromatic carbocycles. The molecule has 0 saturated heterocycles. The molecule has 1 aliphatic carbocycles. The third kappa shape index (κ3) is 6.75. The number of methoxy groups -OCH3 is 1. The number of carbonyl (C=O) groups excluding carboxylic acids is 3. The number of nitrogens with zero attached hydrogens (tertiary/aromatic N) is 2. The van der Waals surface area contributed by atoms with E-state index in [4.69, 9.17) is 9.47 Å². The first-order valence-corrected chi connectivity index (χ1v) is 12.9. The minimum absolute atomic E-state index is 0.00939. The molecule has 194 valence electrons. The first-order valence-electron chi connectivity index (χ1n) is 12.9. The van der Waals surface area contributed by atoms with Crippen LogP contribution in [0, 0.1) is 11.8 Å². The summed E-state index contributed by atoms with van der Waals surface area (Å²) >= 11 is 0. The van der Waals surface area contributed by atoms with Gasteiger partial charge in [-0.25, -0.2) is 0 Å². The van der Waals surface area contributed by atoms with E-state index in [1.54, 1.807) is 37.3 Å². The van der Waals surface area contributed by atoms with Crippen molar-refractivity contribution in [2.45, 2.75) is 71.4 Å². The lowest BCUT2D eigenvalue weighted by molar-refractivity contribution is -0.135. The van der Waals surface area contributed by atoms with Crippen molar-refractivity contribution in [3.8, 4) is 5.75 Å². The predicted molar refractivity (Wildman–Crippen MR) is 136 cm³/mol. The molecule has 35 heavy (non-hydrogen) atoms. The maximum absolute atomic E-state index is 13.5. The molecular weight excluding hydrogens is 446 g/mol. The molecule has 1 fully saturated rings. The van der Waals surface area contributed by atoms with Crippen molar-refractivity contribution in [2.24, 2.45) is 11.8 Å². The SMILES string of the molecule is CCC(=O)N1C[C@H](C)[C@@H](OC)CN(C)C(=O)c2cc(NC(=O)C3CCCCC3)ccc2OC[C@@H]1C. The molecule has 1 aromatic rings. The summed E-state index contributed by atoms with van der Waals surface area (Å²) in [6, 6.07) is 5.04. The number of anilines is 1. The smallest absolute Gasteiger partial charge is 0.257 e. The molecule has 1 saturated carbocycles. The van der Waals surface area contributed by atoms with Crippen LogP contribution in [0.3, 0.4) is 0 Å². The molecule has 3 amide bonds. The van der Waals surface area contributed by atoms with E-state index in [1.807, 2.05) is 25.7 Å². The van der Waals surface area contributed by atoms with Crippen molar-refractivity contribution in [1.82, 2.24) is 9.80 Å². The van der Waals surface area contributed by atoms with Gasteiger partial charge in [-0.05, 0) is 38.0 Å². The highest BCUT2D eigenvalue weighted by molar-refractivity contribution is 5.99. The number of ether oxygens (including phenoxy) is 2. The van der Waals surface area contributed by atoms with Crippen LogP contribution in [0.1, 0.15) is 69.7 Å². The fraction of sp³-hybridized carbons (Fsp3) is 0.667. The van der Waals surface area contributed by atoms with Crippen LogP contribution < -0.4 is 10.1 Å². The monoisotopic (exact) mass is 487 g/mol. The Morgan fingerprint density at radius 3 is 2.51 bits per heavy atom. The van der Waals surface area contributed by atoms with Gasteiger partial charge in [0.1, 0.15) is 12.4 Å². The highest BCUT2D eigenvalue weighted by Crippen LogP contribution is 2.29. The van der Waals surface area contributed by atoms with Crippen LogP contribution in [0.4, 0.5) is 5.69 Å². The molecule has 1 heterocycles. The Kier molecular flexibility index (Phi) is 9.55. The number of hydrogen-bond donors (Lipinski definition) is 1. The van der Waals surface area contributed by atoms with Crippen LogP contribution >= 0.6 is 0 Å². The van der Waals surface area contributed by atoms with Crippen LogP contribution in [0.25, 0.3) is 0 Å². The molecule has 0 bridgehead atoms. The number of carbonyl (C=O) groups is 3. The van der Waals surface area contributed by atoms with Gasteiger partial charge >= 0.3 is 0 Å². The van der Waals surface area contributed by atoms with E-state index < -0.39 is 0 Å². The quantitative estimate of drug-likeness (QED) is 0.695. The fourth-order valence-electron chi connectivity index (χ4n) is 5.01. The Balaban J connectivity index is 1.90. The third-order valence-corrected chi connectivity index (χ3v) is 7.31. The van der Waals surface area contributed by atoms with Crippen LogP contribution in [0.2, 0.25) is 0 Å². The van der Waals surface area contributed by atoms with Gasteiger partial charge < -0.3 is 24.6 Å². The summed E-state index contributed by atoms with van der Waals surface area (Å²) in [5.41, 5.74) is 0.974. The van der Waals surface area contributed by atoms with Crippen molar-refractivity contribution in [3.05, 3.63) is 23.8 Å². The van der Waals surface area contributed by atoms with Crippen molar-refractivity contribution < 1.29 is 23.9 Å². The summed E-state index contributed by atoms with van der Waals surface area (Å²) in [4.78, 5) is 42.4. The maximum Gasteiger partial charge on any atom is 0.257 e. The number of benzene rings is 1. The summed E-state index contributed by atoms with van der Waals surface area (Å²) in [6.07, 6.45) is 5.32. The Morgan fingerprint density at radius 2 is 1.86 bits per heavy atom. The number of hydrogen-bond acceptors (Lipinski definition) is 5. The topological polar surface area (TPSA) is 88.2 Å². The zero-order chi connectivity index (χ0) is 25.5. The molecule has 8 nitrogen and oxygen atoms in total. The molecule has 0 aromatic heterocycles. The van der Waals surface area contributed by atoms with Crippen molar-refractivity contribution >= 4 is 23.4 Å². The number of likely N-dealkylation sites (N-methyl/N-ethyl adjacent to an activating group) is 1. The zero-order valence-electron chi connectivity index (χ0n) is 21.8. The maximum atomic E-state index is 13.5. The van der Waals surface area contributed by atoms with Gasteiger partial charge in [0.2, 0.25) is 11.8 Å². The first-order chi connectivity index (χ1) is 16.7.